The van der Waals surface area contributed by atoms with Crippen LogP contribution in [0, 0.1) is 19.7 Å². The maximum Gasteiger partial charge on any atom is 0.293 e. The number of carbonyl (C=O) groups excluding carboxylic acids is 2. The van der Waals surface area contributed by atoms with Gasteiger partial charge in [-0.15, -0.1) is 0 Å². The maximum absolute atomic E-state index is 13.0. The molecule has 9 heteroatoms. The van der Waals surface area contributed by atoms with E-state index in [0.29, 0.717) is 20.7 Å². The van der Waals surface area contributed by atoms with Gasteiger partial charge in [0.05, 0.1) is 21.5 Å². The van der Waals surface area contributed by atoms with Crippen LogP contribution in [0.4, 0.5) is 9.18 Å². The molecule has 0 atom stereocenters. The second-order valence-corrected chi connectivity index (χ2v) is 9.20. The Bertz CT molecular complexity index is 1270. The largest absolute Gasteiger partial charge is 0.492 e. The first-order valence-corrected chi connectivity index (χ1v) is 11.6. The van der Waals surface area contributed by atoms with Crippen molar-refractivity contribution in [3.8, 4) is 11.4 Å². The van der Waals surface area contributed by atoms with E-state index in [9.17, 15) is 14.0 Å². The van der Waals surface area contributed by atoms with Crippen LogP contribution in [0.2, 0.25) is 10.0 Å². The van der Waals surface area contributed by atoms with Crippen molar-refractivity contribution >= 4 is 52.2 Å². The van der Waals surface area contributed by atoms with Crippen LogP contribution in [-0.2, 0) is 4.79 Å². The van der Waals surface area contributed by atoms with Crippen LogP contribution in [0.5, 0.6) is 5.75 Å². The van der Waals surface area contributed by atoms with Crippen molar-refractivity contribution in [2.75, 3.05) is 13.2 Å². The van der Waals surface area contributed by atoms with E-state index in [1.165, 1.54) is 24.3 Å². The first-order valence-electron chi connectivity index (χ1n) is 10.0. The van der Waals surface area contributed by atoms with Gasteiger partial charge in [0.2, 0.25) is 0 Å². The zero-order valence-electron chi connectivity index (χ0n) is 17.8. The number of hydrogen-bond acceptors (Lipinski definition) is 4. The predicted molar refractivity (Wildman–Crippen MR) is 130 cm³/mol. The molecule has 1 fully saturated rings. The molecule has 170 valence electrons. The van der Waals surface area contributed by atoms with Crippen molar-refractivity contribution in [3.05, 3.63) is 86.2 Å². The Morgan fingerprint density at radius 1 is 1.03 bits per heavy atom. The molecule has 0 saturated carbocycles. The third kappa shape index (κ3) is 4.95. The quantitative estimate of drug-likeness (QED) is 0.352. The zero-order valence-corrected chi connectivity index (χ0v) is 20.1. The number of carbonyl (C=O) groups is 2. The molecule has 1 saturated heterocycles. The van der Waals surface area contributed by atoms with Crippen LogP contribution >= 0.6 is 35.0 Å². The van der Waals surface area contributed by atoms with E-state index >= 15 is 0 Å². The maximum atomic E-state index is 13.0. The summed E-state index contributed by atoms with van der Waals surface area (Å²) in [7, 11) is 0. The molecule has 0 unspecified atom stereocenters. The van der Waals surface area contributed by atoms with Crippen molar-refractivity contribution in [2.24, 2.45) is 0 Å². The van der Waals surface area contributed by atoms with Gasteiger partial charge in [0.1, 0.15) is 18.2 Å². The molecular weight excluding hydrogens is 486 g/mol. The Hall–Kier alpha value is -2.74. The zero-order chi connectivity index (χ0) is 23.7. The van der Waals surface area contributed by atoms with Gasteiger partial charge in [0.25, 0.3) is 11.1 Å². The van der Waals surface area contributed by atoms with Crippen LogP contribution in [0.25, 0.3) is 11.8 Å². The van der Waals surface area contributed by atoms with Crippen LogP contribution in [0.3, 0.4) is 0 Å². The second kappa shape index (κ2) is 9.63. The summed E-state index contributed by atoms with van der Waals surface area (Å²) in [4.78, 5) is 26.7. The van der Waals surface area contributed by atoms with E-state index in [2.05, 4.69) is 0 Å². The average Bonchev–Trinajstić information content (AvgIpc) is 3.20. The van der Waals surface area contributed by atoms with E-state index in [0.717, 1.165) is 39.3 Å². The Morgan fingerprint density at radius 3 is 2.45 bits per heavy atom. The molecule has 2 heterocycles. The van der Waals surface area contributed by atoms with Gasteiger partial charge < -0.3 is 9.30 Å². The molecule has 5 nitrogen and oxygen atoms in total. The van der Waals surface area contributed by atoms with Crippen molar-refractivity contribution in [1.82, 2.24) is 9.47 Å². The Balaban J connectivity index is 1.50. The number of thioether (sulfide) groups is 1. The van der Waals surface area contributed by atoms with Gasteiger partial charge in [0.15, 0.2) is 0 Å². The highest BCUT2D eigenvalue weighted by molar-refractivity contribution is 8.18. The van der Waals surface area contributed by atoms with Gasteiger partial charge in [-0.1, -0.05) is 23.2 Å². The van der Waals surface area contributed by atoms with Gasteiger partial charge in [-0.05, 0) is 85.8 Å². The first-order chi connectivity index (χ1) is 15.7. The summed E-state index contributed by atoms with van der Waals surface area (Å²) in [5.41, 5.74) is 3.53. The fourth-order valence-electron chi connectivity index (χ4n) is 3.57. The lowest BCUT2D eigenvalue weighted by Crippen LogP contribution is -2.32. The number of hydrogen-bond donors (Lipinski definition) is 0. The highest BCUT2D eigenvalue weighted by Gasteiger charge is 2.35. The minimum atomic E-state index is -0.368. The molecule has 1 aromatic heterocycles. The van der Waals surface area contributed by atoms with Crippen molar-refractivity contribution in [2.45, 2.75) is 13.8 Å². The average molecular weight is 505 g/mol. The summed E-state index contributed by atoms with van der Waals surface area (Å²) in [6, 6.07) is 12.9. The number of halogens is 3. The normalized spacial score (nSPS) is 15.1. The van der Waals surface area contributed by atoms with Crippen molar-refractivity contribution < 1.29 is 18.7 Å². The van der Waals surface area contributed by atoms with E-state index in [-0.39, 0.29) is 30.1 Å². The lowest BCUT2D eigenvalue weighted by molar-refractivity contribution is -0.123. The molecule has 33 heavy (non-hydrogen) atoms. The van der Waals surface area contributed by atoms with Crippen molar-refractivity contribution in [1.29, 1.82) is 0 Å². The third-order valence-corrected chi connectivity index (χ3v) is 6.84. The molecule has 0 radical (unpaired) electrons. The lowest BCUT2D eigenvalue weighted by atomic mass is 10.2. The fraction of sp³-hybridized carbons (Fsp3) is 0.167. The molecular formula is C24H19Cl2FN2O3S. The number of ether oxygens (including phenoxy) is 1. The number of imide groups is 1. The number of aryl methyl sites for hydroxylation is 1. The first kappa shape index (κ1) is 23.4. The van der Waals surface area contributed by atoms with E-state index < -0.39 is 0 Å². The molecule has 3 aromatic rings. The van der Waals surface area contributed by atoms with Crippen LogP contribution in [0.1, 0.15) is 17.0 Å². The highest BCUT2D eigenvalue weighted by Crippen LogP contribution is 2.34. The number of nitrogens with zero attached hydrogens (tertiary/aromatic N) is 2. The minimum absolute atomic E-state index is 0.0989. The van der Waals surface area contributed by atoms with E-state index in [1.807, 2.05) is 30.5 Å². The Labute approximate surface area is 204 Å². The summed E-state index contributed by atoms with van der Waals surface area (Å²) in [6.07, 6.45) is 1.72. The van der Waals surface area contributed by atoms with Crippen molar-refractivity contribution in [3.63, 3.8) is 0 Å². The summed E-state index contributed by atoms with van der Waals surface area (Å²) >= 11 is 13.1. The summed E-state index contributed by atoms with van der Waals surface area (Å²) in [6.45, 7) is 4.10. The fourth-order valence-corrected chi connectivity index (χ4v) is 4.72. The number of aromatic nitrogens is 1. The van der Waals surface area contributed by atoms with E-state index in [1.54, 1.807) is 18.2 Å². The van der Waals surface area contributed by atoms with Gasteiger partial charge in [0, 0.05) is 17.1 Å². The molecule has 0 bridgehead atoms. The van der Waals surface area contributed by atoms with Gasteiger partial charge in [-0.3, -0.25) is 14.5 Å². The lowest BCUT2D eigenvalue weighted by Gasteiger charge is -2.13. The minimum Gasteiger partial charge on any atom is -0.492 e. The molecule has 1 aliphatic heterocycles. The SMILES string of the molecule is Cc1cc(/C=C2\SC(=O)N(CCOc3ccc(F)cc3)C2=O)c(C)n1-c1ccc(Cl)c(Cl)c1. The summed E-state index contributed by atoms with van der Waals surface area (Å²) < 4.78 is 20.5. The summed E-state index contributed by atoms with van der Waals surface area (Å²) in [5.74, 6) is -0.266. The smallest absolute Gasteiger partial charge is 0.293 e. The summed E-state index contributed by atoms with van der Waals surface area (Å²) in [5, 5.41) is 0.569. The third-order valence-electron chi connectivity index (χ3n) is 5.19. The van der Waals surface area contributed by atoms with Gasteiger partial charge in [-0.25, -0.2) is 4.39 Å². The van der Waals surface area contributed by atoms with Crippen LogP contribution in [-0.4, -0.2) is 33.8 Å². The molecule has 4 rings (SSSR count). The molecule has 2 aromatic carbocycles. The molecule has 2 amide bonds. The van der Waals surface area contributed by atoms with Crippen LogP contribution < -0.4 is 4.74 Å². The molecule has 0 aliphatic carbocycles. The number of rotatable bonds is 6. The number of benzene rings is 2. The topological polar surface area (TPSA) is 51.5 Å². The Kier molecular flexibility index (Phi) is 6.83. The number of amides is 2. The predicted octanol–water partition coefficient (Wildman–Crippen LogP) is 6.66. The van der Waals surface area contributed by atoms with E-state index in [4.69, 9.17) is 27.9 Å². The molecule has 0 N–H and O–H groups in total. The van der Waals surface area contributed by atoms with Gasteiger partial charge >= 0.3 is 0 Å². The molecule has 1 aliphatic rings. The second-order valence-electron chi connectivity index (χ2n) is 7.40. The Morgan fingerprint density at radius 2 is 1.76 bits per heavy atom. The van der Waals surface area contributed by atoms with Crippen LogP contribution in [0.15, 0.2) is 53.4 Å². The monoisotopic (exact) mass is 504 g/mol. The highest BCUT2D eigenvalue weighted by atomic mass is 35.5. The molecule has 0 spiro atoms. The standard InChI is InChI=1S/C24H19Cl2FN2O3S/c1-14-11-16(15(2)29(14)18-5-8-20(25)21(26)13-18)12-22-23(30)28(24(31)33-22)9-10-32-19-6-3-17(27)4-7-19/h3-8,11-13H,9-10H2,1-2H3/b22-12-. The van der Waals surface area contributed by atoms with Gasteiger partial charge in [-0.2, -0.15) is 0 Å².